The fourth-order valence-electron chi connectivity index (χ4n) is 0.927. The summed E-state index contributed by atoms with van der Waals surface area (Å²) in [6, 6.07) is 1.35. The zero-order valence-corrected chi connectivity index (χ0v) is 12.0. The van der Waals surface area contributed by atoms with Gasteiger partial charge >= 0.3 is 29.6 Å². The molecule has 0 fully saturated rings. The molecule has 0 saturated heterocycles. The van der Waals surface area contributed by atoms with Gasteiger partial charge in [0.05, 0.1) is 9.90 Å². The Balaban J connectivity index is 0.000000845. The zero-order chi connectivity index (χ0) is 8.93. The number of thiophene rings is 1. The number of nitrogens with one attached hydrogen (secondary N) is 1. The van der Waals surface area contributed by atoms with Crippen molar-refractivity contribution in [2.75, 3.05) is 0 Å². The van der Waals surface area contributed by atoms with Crippen LogP contribution in [0.4, 0.5) is 0 Å². The molecule has 14 heavy (non-hydrogen) atoms. The van der Waals surface area contributed by atoms with Crippen molar-refractivity contribution in [3.8, 4) is 0 Å². The summed E-state index contributed by atoms with van der Waals surface area (Å²) >= 11 is 6.43. The normalized spacial score (nSPS) is 16.2. The summed E-state index contributed by atoms with van der Waals surface area (Å²) in [7, 11) is -3.60. The van der Waals surface area contributed by atoms with Crippen molar-refractivity contribution >= 4 is 38.9 Å². The minimum Gasteiger partial charge on any atom is -1.00 e. The molecule has 1 amide bonds. The molecule has 1 aliphatic heterocycles. The van der Waals surface area contributed by atoms with E-state index >= 15 is 0 Å². The van der Waals surface area contributed by atoms with E-state index in [2.05, 4.69) is 0 Å². The molecule has 0 unspecified atom stereocenters. The first kappa shape index (κ1) is 14.7. The predicted molar refractivity (Wildman–Crippen MR) is 44.0 cm³/mol. The van der Waals surface area contributed by atoms with Crippen molar-refractivity contribution in [2.45, 2.75) is 4.21 Å². The smallest absolute Gasteiger partial charge is 1.00 e. The van der Waals surface area contributed by atoms with Crippen LogP contribution in [-0.4, -0.2) is 14.3 Å². The third kappa shape index (κ3) is 2.27. The van der Waals surface area contributed by atoms with E-state index in [1.54, 1.807) is 0 Å². The third-order valence-corrected chi connectivity index (χ3v) is 4.51. The van der Waals surface area contributed by atoms with Crippen LogP contribution in [0.15, 0.2) is 10.3 Å². The first-order valence-electron chi connectivity index (χ1n) is 2.87. The van der Waals surface area contributed by atoms with Gasteiger partial charge in [-0.15, -0.1) is 11.3 Å². The Morgan fingerprint density at radius 3 is 2.50 bits per heavy atom. The second-order valence-corrected chi connectivity index (χ2v) is 5.75. The van der Waals surface area contributed by atoms with Gasteiger partial charge in [0.2, 0.25) is 0 Å². The van der Waals surface area contributed by atoms with Crippen LogP contribution in [0.1, 0.15) is 10.4 Å². The Labute approximate surface area is 118 Å². The van der Waals surface area contributed by atoms with Gasteiger partial charge < -0.3 is 12.4 Å². The summed E-state index contributed by atoms with van der Waals surface area (Å²) in [4.78, 5) is 11.0. The van der Waals surface area contributed by atoms with E-state index in [1.165, 1.54) is 6.07 Å². The maximum Gasteiger partial charge on any atom is 1.00 e. The first-order chi connectivity index (χ1) is 5.50. The first-order valence-corrected chi connectivity index (χ1v) is 5.55. The van der Waals surface area contributed by atoms with Crippen molar-refractivity contribution in [1.29, 1.82) is 0 Å². The van der Waals surface area contributed by atoms with Gasteiger partial charge in [-0.25, -0.2) is 13.1 Å². The average Bonchev–Trinajstić information content (AvgIpc) is 2.37. The van der Waals surface area contributed by atoms with Crippen LogP contribution in [0, 0.1) is 0 Å². The van der Waals surface area contributed by atoms with Gasteiger partial charge in [-0.1, -0.05) is 11.6 Å². The predicted octanol–water partition coefficient (Wildman–Crippen LogP) is -5.16. The number of sulfonamides is 1. The van der Waals surface area contributed by atoms with Gasteiger partial charge in [0.1, 0.15) is 0 Å². The molecular formula is C5H2Cl2NNaO3S2. The van der Waals surface area contributed by atoms with Crippen LogP contribution in [0.2, 0.25) is 4.34 Å². The topological polar surface area (TPSA) is 63.2 Å². The van der Waals surface area contributed by atoms with Gasteiger partial charge in [-0.05, 0) is 6.07 Å². The molecule has 0 atom stereocenters. The SMILES string of the molecule is O=C1NS(=O)(=O)c2sc(Cl)cc21.[Cl-].[Na+]. The molecule has 0 aliphatic carbocycles. The molecule has 0 spiro atoms. The molecule has 1 N–H and O–H groups in total. The second-order valence-electron chi connectivity index (χ2n) is 2.19. The fraction of sp³-hybridized carbons (Fsp3) is 0. The van der Waals surface area contributed by atoms with E-state index in [-0.39, 0.29) is 51.7 Å². The number of hydrogen-bond donors (Lipinski definition) is 1. The molecule has 1 aromatic rings. The van der Waals surface area contributed by atoms with Gasteiger partial charge in [0.15, 0.2) is 4.21 Å². The minimum absolute atomic E-state index is 0. The molecule has 1 aliphatic rings. The summed E-state index contributed by atoms with van der Waals surface area (Å²) in [5, 5.41) is 0. The Hall–Kier alpha value is 0.700. The summed E-state index contributed by atoms with van der Waals surface area (Å²) in [6.07, 6.45) is 0. The molecule has 0 saturated carbocycles. The number of carbonyl (C=O) groups excluding carboxylic acids is 1. The number of hydrogen-bond acceptors (Lipinski definition) is 4. The Morgan fingerprint density at radius 2 is 2.00 bits per heavy atom. The summed E-state index contributed by atoms with van der Waals surface area (Å²) in [5.74, 6) is -0.604. The number of rotatable bonds is 0. The number of halogens is 2. The fourth-order valence-corrected chi connectivity index (χ4v) is 3.74. The van der Waals surface area contributed by atoms with Crippen LogP contribution in [0.25, 0.3) is 0 Å². The Bertz CT molecular complexity index is 469. The van der Waals surface area contributed by atoms with Crippen LogP contribution in [-0.2, 0) is 10.0 Å². The van der Waals surface area contributed by atoms with E-state index in [4.69, 9.17) is 11.6 Å². The minimum atomic E-state index is -3.60. The van der Waals surface area contributed by atoms with Crippen LogP contribution in [0.3, 0.4) is 0 Å². The van der Waals surface area contributed by atoms with Crippen LogP contribution < -0.4 is 46.7 Å². The number of carbonyl (C=O) groups is 1. The standard InChI is InChI=1S/C5H2ClNO3S2.ClH.Na/c6-3-1-2-4(8)7-12(9,10)5(2)11-3;;/h1H,(H,7,8);1H;/q;;+1/p-1. The van der Waals surface area contributed by atoms with Gasteiger partial charge in [-0.2, -0.15) is 0 Å². The average molecular weight is 282 g/mol. The molecule has 1 aromatic heterocycles. The molecule has 0 aromatic carbocycles. The van der Waals surface area contributed by atoms with E-state index in [0.717, 1.165) is 11.3 Å². The maximum atomic E-state index is 11.1. The van der Waals surface area contributed by atoms with E-state index in [0.29, 0.717) is 4.34 Å². The van der Waals surface area contributed by atoms with Crippen molar-refractivity contribution in [2.24, 2.45) is 0 Å². The van der Waals surface area contributed by atoms with Gasteiger partial charge in [-0.3, -0.25) is 4.79 Å². The van der Waals surface area contributed by atoms with Crippen molar-refractivity contribution in [1.82, 2.24) is 4.72 Å². The third-order valence-electron chi connectivity index (χ3n) is 1.38. The Morgan fingerprint density at radius 1 is 1.43 bits per heavy atom. The van der Waals surface area contributed by atoms with Crippen LogP contribution >= 0.6 is 22.9 Å². The molecule has 2 rings (SSSR count). The summed E-state index contributed by atoms with van der Waals surface area (Å²) in [5.41, 5.74) is 0.144. The molecular weight excluding hydrogens is 280 g/mol. The summed E-state index contributed by atoms with van der Waals surface area (Å²) in [6.45, 7) is 0. The largest absolute Gasteiger partial charge is 1.00 e. The van der Waals surface area contributed by atoms with E-state index in [9.17, 15) is 13.2 Å². The van der Waals surface area contributed by atoms with Gasteiger partial charge in [0, 0.05) is 0 Å². The molecule has 0 radical (unpaired) electrons. The monoisotopic (exact) mass is 281 g/mol. The van der Waals surface area contributed by atoms with Crippen molar-refractivity contribution in [3.63, 3.8) is 0 Å². The number of fused-ring (bicyclic) bond motifs is 1. The molecule has 0 bridgehead atoms. The van der Waals surface area contributed by atoms with Gasteiger partial charge in [0.25, 0.3) is 15.9 Å². The quantitative estimate of drug-likeness (QED) is 0.484. The molecule has 4 nitrogen and oxygen atoms in total. The zero-order valence-electron chi connectivity index (χ0n) is 6.87. The van der Waals surface area contributed by atoms with Crippen LogP contribution in [0.5, 0.6) is 0 Å². The maximum absolute atomic E-state index is 11.1. The number of amides is 1. The van der Waals surface area contributed by atoms with Crippen molar-refractivity contribution in [3.05, 3.63) is 16.0 Å². The Kier molecular flexibility index (Phi) is 4.93. The van der Waals surface area contributed by atoms with E-state index in [1.807, 2.05) is 4.72 Å². The second kappa shape index (κ2) is 4.69. The molecule has 9 heteroatoms. The summed E-state index contributed by atoms with van der Waals surface area (Å²) < 4.78 is 24.4. The molecule has 2 heterocycles. The van der Waals surface area contributed by atoms with E-state index < -0.39 is 15.9 Å². The molecule has 72 valence electrons. The van der Waals surface area contributed by atoms with Crippen molar-refractivity contribution < 1.29 is 55.2 Å².